The quantitative estimate of drug-likeness (QED) is 0.248. The Morgan fingerprint density at radius 3 is 2.28 bits per heavy atom. The van der Waals surface area contributed by atoms with Crippen molar-refractivity contribution in [2.45, 2.75) is 58.9 Å². The van der Waals surface area contributed by atoms with Crippen LogP contribution in [0.15, 0.2) is 64.8 Å². The maximum absolute atomic E-state index is 13.4. The van der Waals surface area contributed by atoms with Crippen molar-refractivity contribution in [3.05, 3.63) is 88.4 Å². The van der Waals surface area contributed by atoms with Crippen LogP contribution in [0.3, 0.4) is 0 Å². The summed E-state index contributed by atoms with van der Waals surface area (Å²) < 4.78 is 11.2. The molecule has 1 N–H and O–H groups in total. The highest BCUT2D eigenvalue weighted by molar-refractivity contribution is 6.51. The third-order valence-electron chi connectivity index (χ3n) is 6.72. The molecule has 1 aliphatic rings. The highest BCUT2D eigenvalue weighted by atomic mass is 16.5. The molecule has 0 radical (unpaired) electrons. The van der Waals surface area contributed by atoms with Crippen LogP contribution in [0.25, 0.3) is 5.76 Å². The van der Waals surface area contributed by atoms with E-state index in [4.69, 9.17) is 9.15 Å². The fraction of sp³-hybridized carbons (Fsp3) is 0.333. The Kier molecular flexibility index (Phi) is 6.56. The van der Waals surface area contributed by atoms with Gasteiger partial charge in [0.2, 0.25) is 0 Å². The van der Waals surface area contributed by atoms with Crippen LogP contribution in [0.5, 0.6) is 5.75 Å². The van der Waals surface area contributed by atoms with Gasteiger partial charge in [0.05, 0.1) is 18.9 Å². The van der Waals surface area contributed by atoms with Gasteiger partial charge < -0.3 is 14.3 Å². The number of benzene rings is 2. The molecule has 0 spiro atoms. The molecule has 0 saturated carbocycles. The predicted molar refractivity (Wildman–Crippen MR) is 140 cm³/mol. The number of carbonyl (C=O) groups is 2. The first-order chi connectivity index (χ1) is 17.0. The highest BCUT2D eigenvalue weighted by Crippen LogP contribution is 2.44. The first-order valence-electron chi connectivity index (χ1n) is 12.1. The van der Waals surface area contributed by atoms with Crippen molar-refractivity contribution in [1.82, 2.24) is 0 Å². The van der Waals surface area contributed by atoms with Crippen molar-refractivity contribution in [1.29, 1.82) is 0 Å². The molecule has 1 atom stereocenters. The zero-order chi connectivity index (χ0) is 26.4. The summed E-state index contributed by atoms with van der Waals surface area (Å²) in [6.07, 6.45) is 1.49. The average Bonchev–Trinajstić information content (AvgIpc) is 3.44. The second kappa shape index (κ2) is 9.34. The molecule has 1 fully saturated rings. The summed E-state index contributed by atoms with van der Waals surface area (Å²) in [4.78, 5) is 28.2. The Balaban J connectivity index is 1.91. The predicted octanol–water partition coefficient (Wildman–Crippen LogP) is 6.64. The molecule has 188 valence electrons. The lowest BCUT2D eigenvalue weighted by Crippen LogP contribution is -2.29. The minimum Gasteiger partial charge on any atom is -0.507 e. The fourth-order valence-electron chi connectivity index (χ4n) is 4.66. The molecule has 4 rings (SSSR count). The molecule has 3 aromatic rings. The second-order valence-electron chi connectivity index (χ2n) is 10.5. The number of methoxy groups -OCH3 is 1. The molecule has 2 heterocycles. The number of Topliss-reactive ketones (excluding diaryl/α,β-unsaturated/α-hetero) is 1. The van der Waals surface area contributed by atoms with Gasteiger partial charge in [0, 0.05) is 11.3 Å². The molecule has 1 aromatic heterocycles. The minimum absolute atomic E-state index is 0.00202. The van der Waals surface area contributed by atoms with E-state index in [9.17, 15) is 14.7 Å². The number of aliphatic hydroxyl groups excluding tert-OH is 1. The summed E-state index contributed by atoms with van der Waals surface area (Å²) in [7, 11) is 1.60. The molecule has 0 aliphatic carbocycles. The number of rotatable bonds is 5. The van der Waals surface area contributed by atoms with Crippen molar-refractivity contribution in [2.75, 3.05) is 12.0 Å². The second-order valence-corrected chi connectivity index (χ2v) is 10.5. The molecular weight excluding hydrogens is 454 g/mol. The van der Waals surface area contributed by atoms with Gasteiger partial charge in [-0.2, -0.15) is 0 Å². The van der Waals surface area contributed by atoms with Crippen LogP contribution in [0.4, 0.5) is 5.69 Å². The Bertz CT molecular complexity index is 1320. The standard InChI is InChI=1S/C30H33NO5/c1-17(2)21-16-22(18(3)15-24(21)35-7)27(32)25-26(23-9-8-14-36-23)31(29(34)28(25)33)20-12-10-19(11-13-20)30(4,5)6/h8-17,26,32H,1-7H3/b27-25+. The number of nitrogens with zero attached hydrogens (tertiary/aromatic N) is 1. The van der Waals surface area contributed by atoms with Crippen molar-refractivity contribution < 1.29 is 23.8 Å². The molecule has 1 saturated heterocycles. The van der Waals surface area contributed by atoms with E-state index in [1.54, 1.807) is 19.2 Å². The maximum atomic E-state index is 13.4. The number of hydrogen-bond acceptors (Lipinski definition) is 5. The zero-order valence-corrected chi connectivity index (χ0v) is 21.9. The van der Waals surface area contributed by atoms with Gasteiger partial charge in [0.15, 0.2) is 0 Å². The smallest absolute Gasteiger partial charge is 0.300 e. The number of carbonyl (C=O) groups excluding carboxylic acids is 2. The van der Waals surface area contributed by atoms with Gasteiger partial charge in [-0.15, -0.1) is 0 Å². The number of aliphatic hydroxyl groups is 1. The maximum Gasteiger partial charge on any atom is 0.300 e. The zero-order valence-electron chi connectivity index (χ0n) is 21.9. The molecule has 6 heteroatoms. The Morgan fingerprint density at radius 2 is 1.75 bits per heavy atom. The van der Waals surface area contributed by atoms with E-state index in [0.29, 0.717) is 22.8 Å². The Morgan fingerprint density at radius 1 is 1.08 bits per heavy atom. The molecule has 36 heavy (non-hydrogen) atoms. The first-order valence-corrected chi connectivity index (χ1v) is 12.1. The molecular formula is C30H33NO5. The van der Waals surface area contributed by atoms with E-state index < -0.39 is 17.7 Å². The van der Waals surface area contributed by atoms with E-state index in [0.717, 1.165) is 16.7 Å². The lowest BCUT2D eigenvalue weighted by molar-refractivity contribution is -0.132. The molecule has 1 unspecified atom stereocenters. The van der Waals surface area contributed by atoms with Gasteiger partial charge >= 0.3 is 0 Å². The lowest BCUT2D eigenvalue weighted by atomic mass is 9.87. The molecule has 6 nitrogen and oxygen atoms in total. The largest absolute Gasteiger partial charge is 0.507 e. The number of hydrogen-bond donors (Lipinski definition) is 1. The summed E-state index contributed by atoms with van der Waals surface area (Å²) in [6, 6.07) is 13.8. The lowest BCUT2D eigenvalue weighted by Gasteiger charge is -2.25. The number of anilines is 1. The van der Waals surface area contributed by atoms with E-state index in [1.165, 1.54) is 11.2 Å². The van der Waals surface area contributed by atoms with Crippen LogP contribution in [0, 0.1) is 6.92 Å². The number of aryl methyl sites for hydroxylation is 1. The topological polar surface area (TPSA) is 80.0 Å². The van der Waals surface area contributed by atoms with Crippen molar-refractivity contribution in [3.63, 3.8) is 0 Å². The van der Waals surface area contributed by atoms with Gasteiger partial charge in [0.25, 0.3) is 11.7 Å². The van der Waals surface area contributed by atoms with E-state index >= 15 is 0 Å². The Labute approximate surface area is 212 Å². The summed E-state index contributed by atoms with van der Waals surface area (Å²) in [6.45, 7) is 12.2. The SMILES string of the molecule is COc1cc(C)c(/C(O)=C2\C(=O)C(=O)N(c3ccc(C(C)(C)C)cc3)C2c2ccco2)cc1C(C)C. The highest BCUT2D eigenvalue weighted by Gasteiger charge is 2.48. The summed E-state index contributed by atoms with van der Waals surface area (Å²) >= 11 is 0. The van der Waals surface area contributed by atoms with Crippen LogP contribution in [0.2, 0.25) is 0 Å². The van der Waals surface area contributed by atoms with Crippen LogP contribution in [-0.4, -0.2) is 23.9 Å². The van der Waals surface area contributed by atoms with Crippen molar-refractivity contribution in [3.8, 4) is 5.75 Å². The van der Waals surface area contributed by atoms with Gasteiger partial charge in [-0.25, -0.2) is 0 Å². The van der Waals surface area contributed by atoms with E-state index in [1.807, 2.05) is 57.2 Å². The van der Waals surface area contributed by atoms with E-state index in [2.05, 4.69) is 20.8 Å². The number of furan rings is 1. The monoisotopic (exact) mass is 487 g/mol. The average molecular weight is 488 g/mol. The number of amides is 1. The van der Waals surface area contributed by atoms with Crippen molar-refractivity contribution in [2.24, 2.45) is 0 Å². The van der Waals surface area contributed by atoms with Gasteiger partial charge in [0.1, 0.15) is 23.3 Å². The van der Waals surface area contributed by atoms with Gasteiger partial charge in [-0.1, -0.05) is 46.8 Å². The van der Waals surface area contributed by atoms with Crippen LogP contribution in [0.1, 0.15) is 74.6 Å². The van der Waals surface area contributed by atoms with E-state index in [-0.39, 0.29) is 22.7 Å². The number of ether oxygens (including phenoxy) is 1. The number of ketones is 1. The third kappa shape index (κ3) is 4.32. The first kappa shape index (κ1) is 25.3. The third-order valence-corrected chi connectivity index (χ3v) is 6.72. The summed E-state index contributed by atoms with van der Waals surface area (Å²) in [5, 5.41) is 11.5. The summed E-state index contributed by atoms with van der Waals surface area (Å²) in [5.74, 6) is -0.471. The van der Waals surface area contributed by atoms with Crippen LogP contribution >= 0.6 is 0 Å². The van der Waals surface area contributed by atoms with Crippen LogP contribution in [-0.2, 0) is 15.0 Å². The molecule has 1 amide bonds. The summed E-state index contributed by atoms with van der Waals surface area (Å²) in [5.41, 5.74) is 3.70. The fourth-order valence-corrected chi connectivity index (χ4v) is 4.66. The van der Waals surface area contributed by atoms with Gasteiger partial charge in [-0.05, 0) is 71.3 Å². The molecule has 0 bridgehead atoms. The van der Waals surface area contributed by atoms with Crippen molar-refractivity contribution >= 4 is 23.1 Å². The van der Waals surface area contributed by atoms with Gasteiger partial charge in [-0.3, -0.25) is 14.5 Å². The van der Waals surface area contributed by atoms with Crippen LogP contribution < -0.4 is 9.64 Å². The normalized spacial score (nSPS) is 17.8. The molecule has 2 aromatic carbocycles. The molecule has 1 aliphatic heterocycles. The minimum atomic E-state index is -0.899. The Hall–Kier alpha value is -3.80.